The molecular formula is C13H17ClN2OS. The third-order valence-electron chi connectivity index (χ3n) is 3.39. The Balaban J connectivity index is 2.27. The summed E-state index contributed by atoms with van der Waals surface area (Å²) in [6, 6.07) is 5.25. The van der Waals surface area contributed by atoms with Crippen molar-refractivity contribution >= 4 is 35.0 Å². The molecule has 0 bridgehead atoms. The van der Waals surface area contributed by atoms with Crippen LogP contribution in [0.5, 0.6) is 0 Å². The molecule has 0 spiro atoms. The van der Waals surface area contributed by atoms with Gasteiger partial charge in [-0.1, -0.05) is 18.5 Å². The molecule has 1 fully saturated rings. The monoisotopic (exact) mass is 284 g/mol. The number of halogens is 1. The van der Waals surface area contributed by atoms with Crippen molar-refractivity contribution in [2.45, 2.75) is 25.1 Å². The van der Waals surface area contributed by atoms with E-state index in [1.165, 1.54) is 0 Å². The summed E-state index contributed by atoms with van der Waals surface area (Å²) in [7, 11) is 0. The fraction of sp³-hybridized carbons (Fsp3) is 0.462. The summed E-state index contributed by atoms with van der Waals surface area (Å²) in [5.74, 6) is 0.951. The van der Waals surface area contributed by atoms with Crippen LogP contribution in [-0.2, 0) is 0 Å². The molecule has 1 amide bonds. The lowest BCUT2D eigenvalue weighted by Crippen LogP contribution is -2.48. The van der Waals surface area contributed by atoms with Gasteiger partial charge in [0.2, 0.25) is 0 Å². The van der Waals surface area contributed by atoms with Crippen molar-refractivity contribution in [3.05, 3.63) is 28.8 Å². The maximum atomic E-state index is 12.5. The van der Waals surface area contributed by atoms with Crippen LogP contribution in [0, 0.1) is 0 Å². The van der Waals surface area contributed by atoms with Crippen molar-refractivity contribution < 1.29 is 4.79 Å². The van der Waals surface area contributed by atoms with Gasteiger partial charge in [0.05, 0.1) is 5.56 Å². The maximum absolute atomic E-state index is 12.5. The predicted molar refractivity (Wildman–Crippen MR) is 78.3 cm³/mol. The Hall–Kier alpha value is -0.870. The van der Waals surface area contributed by atoms with Gasteiger partial charge in [-0.2, -0.15) is 11.8 Å². The molecule has 2 atom stereocenters. The smallest absolute Gasteiger partial charge is 0.256 e. The SMILES string of the molecule is CC1SCCN(C(=O)c2cc(Cl)ccc2N)C1C. The van der Waals surface area contributed by atoms with Crippen molar-refractivity contribution in [3.63, 3.8) is 0 Å². The number of thioether (sulfide) groups is 1. The normalized spacial score (nSPS) is 24.1. The van der Waals surface area contributed by atoms with Crippen LogP contribution < -0.4 is 5.73 Å². The van der Waals surface area contributed by atoms with E-state index in [4.69, 9.17) is 17.3 Å². The number of carbonyl (C=O) groups excluding carboxylic acids is 1. The number of hydrogen-bond acceptors (Lipinski definition) is 3. The molecule has 2 rings (SSSR count). The van der Waals surface area contributed by atoms with E-state index in [0.29, 0.717) is 21.5 Å². The van der Waals surface area contributed by atoms with Crippen molar-refractivity contribution in [2.75, 3.05) is 18.0 Å². The zero-order chi connectivity index (χ0) is 13.3. The van der Waals surface area contributed by atoms with E-state index < -0.39 is 0 Å². The van der Waals surface area contributed by atoms with Crippen LogP contribution >= 0.6 is 23.4 Å². The Morgan fingerprint density at radius 3 is 2.94 bits per heavy atom. The van der Waals surface area contributed by atoms with Crippen LogP contribution in [0.25, 0.3) is 0 Å². The van der Waals surface area contributed by atoms with E-state index in [-0.39, 0.29) is 11.9 Å². The second-order valence-electron chi connectivity index (χ2n) is 4.55. The lowest BCUT2D eigenvalue weighted by molar-refractivity contribution is 0.0699. The van der Waals surface area contributed by atoms with E-state index in [9.17, 15) is 4.79 Å². The van der Waals surface area contributed by atoms with Crippen LogP contribution in [0.4, 0.5) is 5.69 Å². The summed E-state index contributed by atoms with van der Waals surface area (Å²) in [6.07, 6.45) is 0. The Morgan fingerprint density at radius 2 is 2.22 bits per heavy atom. The van der Waals surface area contributed by atoms with Crippen LogP contribution in [0.2, 0.25) is 5.02 Å². The Labute approximate surface area is 117 Å². The molecule has 98 valence electrons. The Bertz CT molecular complexity index is 466. The fourth-order valence-corrected chi connectivity index (χ4v) is 3.36. The van der Waals surface area contributed by atoms with Crippen molar-refractivity contribution in [1.29, 1.82) is 0 Å². The van der Waals surface area contributed by atoms with Gasteiger partial charge in [0.25, 0.3) is 5.91 Å². The lowest BCUT2D eigenvalue weighted by Gasteiger charge is -2.37. The lowest BCUT2D eigenvalue weighted by atomic mass is 10.1. The molecule has 1 aromatic rings. The summed E-state index contributed by atoms with van der Waals surface area (Å²) in [4.78, 5) is 14.4. The largest absolute Gasteiger partial charge is 0.398 e. The molecule has 1 heterocycles. The molecule has 1 aliphatic heterocycles. The molecule has 2 N–H and O–H groups in total. The average molecular weight is 285 g/mol. The minimum absolute atomic E-state index is 0.0188. The number of carbonyl (C=O) groups is 1. The highest BCUT2D eigenvalue weighted by Gasteiger charge is 2.30. The van der Waals surface area contributed by atoms with Crippen molar-refractivity contribution in [1.82, 2.24) is 4.90 Å². The molecule has 1 aliphatic rings. The molecule has 18 heavy (non-hydrogen) atoms. The van der Waals surface area contributed by atoms with Gasteiger partial charge in [-0.05, 0) is 25.1 Å². The van der Waals surface area contributed by atoms with Crippen LogP contribution in [-0.4, -0.2) is 34.4 Å². The fourth-order valence-electron chi connectivity index (χ4n) is 2.09. The first-order valence-electron chi connectivity index (χ1n) is 5.98. The maximum Gasteiger partial charge on any atom is 0.256 e. The molecule has 3 nitrogen and oxygen atoms in total. The molecule has 0 aromatic heterocycles. The van der Waals surface area contributed by atoms with Crippen LogP contribution in [0.1, 0.15) is 24.2 Å². The number of rotatable bonds is 1. The number of amides is 1. The highest BCUT2D eigenvalue weighted by atomic mass is 35.5. The third kappa shape index (κ3) is 2.59. The first-order valence-corrected chi connectivity index (χ1v) is 7.41. The van der Waals surface area contributed by atoms with Gasteiger partial charge in [-0.3, -0.25) is 4.79 Å². The van der Waals surface area contributed by atoms with Gasteiger partial charge in [-0.25, -0.2) is 0 Å². The zero-order valence-electron chi connectivity index (χ0n) is 10.5. The summed E-state index contributed by atoms with van der Waals surface area (Å²) in [5, 5.41) is 0.989. The molecule has 0 saturated carbocycles. The van der Waals surface area contributed by atoms with Crippen molar-refractivity contribution in [3.8, 4) is 0 Å². The van der Waals surface area contributed by atoms with Crippen LogP contribution in [0.3, 0.4) is 0 Å². The van der Waals surface area contributed by atoms with Gasteiger partial charge < -0.3 is 10.6 Å². The highest BCUT2D eigenvalue weighted by Crippen LogP contribution is 2.27. The molecular weight excluding hydrogens is 268 g/mol. The second kappa shape index (κ2) is 5.41. The summed E-state index contributed by atoms with van der Waals surface area (Å²) >= 11 is 7.83. The number of hydrogen-bond donors (Lipinski definition) is 1. The van der Waals surface area contributed by atoms with Gasteiger partial charge >= 0.3 is 0 Å². The Kier molecular flexibility index (Phi) is 4.07. The molecule has 1 aromatic carbocycles. The first kappa shape index (κ1) is 13.6. The second-order valence-corrected chi connectivity index (χ2v) is 6.47. The number of nitrogens with two attached hydrogens (primary N) is 1. The van der Waals surface area contributed by atoms with E-state index in [2.05, 4.69) is 13.8 Å². The average Bonchev–Trinajstić information content (AvgIpc) is 2.35. The number of benzene rings is 1. The molecule has 1 saturated heterocycles. The molecule has 2 unspecified atom stereocenters. The van der Waals surface area contributed by atoms with Gasteiger partial charge in [-0.15, -0.1) is 0 Å². The third-order valence-corrected chi connectivity index (χ3v) is 4.96. The van der Waals surface area contributed by atoms with E-state index in [1.54, 1.807) is 18.2 Å². The standard InChI is InChI=1S/C13H17ClN2OS/c1-8-9(2)18-6-5-16(8)13(17)11-7-10(14)3-4-12(11)15/h3-4,7-9H,5-6,15H2,1-2H3. The molecule has 0 radical (unpaired) electrons. The van der Waals surface area contributed by atoms with Gasteiger partial charge in [0, 0.05) is 34.3 Å². The number of nitrogens with zero attached hydrogens (tertiary/aromatic N) is 1. The van der Waals surface area contributed by atoms with E-state index in [1.807, 2.05) is 16.7 Å². The summed E-state index contributed by atoms with van der Waals surface area (Å²) in [6.45, 7) is 4.99. The Morgan fingerprint density at radius 1 is 1.50 bits per heavy atom. The van der Waals surface area contributed by atoms with Crippen molar-refractivity contribution in [2.24, 2.45) is 0 Å². The zero-order valence-corrected chi connectivity index (χ0v) is 12.1. The highest BCUT2D eigenvalue weighted by molar-refractivity contribution is 8.00. The van der Waals surface area contributed by atoms with Gasteiger partial charge in [0.1, 0.15) is 0 Å². The topological polar surface area (TPSA) is 46.3 Å². The number of nitrogen functional groups attached to an aromatic ring is 1. The first-order chi connectivity index (χ1) is 8.50. The molecule has 0 aliphatic carbocycles. The summed E-state index contributed by atoms with van der Waals surface area (Å²) < 4.78 is 0. The van der Waals surface area contributed by atoms with Gasteiger partial charge in [0.15, 0.2) is 0 Å². The van der Waals surface area contributed by atoms with Crippen LogP contribution in [0.15, 0.2) is 18.2 Å². The molecule has 5 heteroatoms. The minimum atomic E-state index is -0.0188. The minimum Gasteiger partial charge on any atom is -0.398 e. The number of anilines is 1. The van der Waals surface area contributed by atoms with E-state index in [0.717, 1.165) is 12.3 Å². The summed E-state index contributed by atoms with van der Waals surface area (Å²) in [5.41, 5.74) is 6.86. The predicted octanol–water partition coefficient (Wildman–Crippen LogP) is 2.89. The quantitative estimate of drug-likeness (QED) is 0.807. The van der Waals surface area contributed by atoms with E-state index >= 15 is 0 Å².